The van der Waals surface area contributed by atoms with Gasteiger partial charge < -0.3 is 10.5 Å². The lowest BCUT2D eigenvalue weighted by atomic mass is 10.1. The maximum atomic E-state index is 6.26. The Hall–Kier alpha value is -1.52. The summed E-state index contributed by atoms with van der Waals surface area (Å²) in [5, 5.41) is 0.990. The first-order valence-electron chi connectivity index (χ1n) is 6.14. The second-order valence-corrected chi connectivity index (χ2v) is 5.37. The fourth-order valence-corrected chi connectivity index (χ4v) is 2.68. The van der Waals surface area contributed by atoms with Crippen LogP contribution in [-0.2, 0) is 0 Å². The van der Waals surface area contributed by atoms with Crippen LogP contribution in [0.4, 0.5) is 0 Å². The first-order valence-corrected chi connectivity index (χ1v) is 7.13. The van der Waals surface area contributed by atoms with Gasteiger partial charge in [-0.25, -0.2) is 4.98 Å². The van der Waals surface area contributed by atoms with E-state index in [1.807, 2.05) is 30.3 Å². The number of benzene rings is 1. The molecule has 0 aliphatic carbocycles. The number of hydrogen-bond acceptors (Lipinski definition) is 4. The van der Waals surface area contributed by atoms with Crippen LogP contribution in [0.25, 0.3) is 0 Å². The molecule has 0 aliphatic heterocycles. The predicted octanol–water partition coefficient (Wildman–Crippen LogP) is 3.19. The summed E-state index contributed by atoms with van der Waals surface area (Å²) >= 11 is 1.66. The highest BCUT2D eigenvalue weighted by Gasteiger charge is 2.12. The van der Waals surface area contributed by atoms with Crippen molar-refractivity contribution >= 4 is 11.8 Å². The lowest BCUT2D eigenvalue weighted by molar-refractivity contribution is 0.407. The van der Waals surface area contributed by atoms with Crippen LogP contribution < -0.4 is 10.5 Å². The zero-order chi connectivity index (χ0) is 13.7. The van der Waals surface area contributed by atoms with Gasteiger partial charge in [0.2, 0.25) is 0 Å². The second-order valence-electron chi connectivity index (χ2n) is 4.33. The number of nitrogens with two attached hydrogens (primary N) is 1. The van der Waals surface area contributed by atoms with E-state index in [0.717, 1.165) is 22.1 Å². The third-order valence-electron chi connectivity index (χ3n) is 2.83. The molecule has 2 N–H and O–H groups in total. The number of aryl methyl sites for hydroxylation is 1. The van der Waals surface area contributed by atoms with Crippen LogP contribution >= 0.6 is 11.8 Å². The molecular weight excluding hydrogens is 256 g/mol. The molecule has 100 valence electrons. The van der Waals surface area contributed by atoms with Crippen molar-refractivity contribution in [1.29, 1.82) is 0 Å². The minimum absolute atomic E-state index is 0.0677. The molecule has 3 nitrogen and oxygen atoms in total. The van der Waals surface area contributed by atoms with E-state index in [9.17, 15) is 0 Å². The zero-order valence-corrected chi connectivity index (χ0v) is 12.0. The molecule has 0 radical (unpaired) electrons. The molecule has 0 bridgehead atoms. The quantitative estimate of drug-likeness (QED) is 0.851. The molecule has 2 rings (SSSR count). The molecule has 0 amide bonds. The molecule has 0 spiro atoms. The Kier molecular flexibility index (Phi) is 4.82. The summed E-state index contributed by atoms with van der Waals surface area (Å²) < 4.78 is 5.37. The highest BCUT2D eigenvalue weighted by molar-refractivity contribution is 7.99. The Balaban J connectivity index is 2.07. The van der Waals surface area contributed by atoms with Crippen LogP contribution in [0.2, 0.25) is 0 Å². The normalized spacial score (nSPS) is 12.2. The number of aromatic nitrogens is 1. The van der Waals surface area contributed by atoms with Crippen LogP contribution in [0.3, 0.4) is 0 Å². The minimum atomic E-state index is -0.0677. The monoisotopic (exact) mass is 274 g/mol. The highest BCUT2D eigenvalue weighted by atomic mass is 32.2. The van der Waals surface area contributed by atoms with E-state index in [1.165, 1.54) is 5.56 Å². The number of pyridine rings is 1. The van der Waals surface area contributed by atoms with Gasteiger partial charge in [-0.2, -0.15) is 0 Å². The van der Waals surface area contributed by atoms with E-state index in [2.05, 4.69) is 18.0 Å². The van der Waals surface area contributed by atoms with Gasteiger partial charge in [0.1, 0.15) is 5.75 Å². The zero-order valence-electron chi connectivity index (χ0n) is 11.2. The fourth-order valence-electron chi connectivity index (χ4n) is 1.84. The van der Waals surface area contributed by atoms with Gasteiger partial charge in [-0.1, -0.05) is 23.8 Å². The third-order valence-corrected chi connectivity index (χ3v) is 3.90. The maximum Gasteiger partial charge on any atom is 0.123 e. The lowest BCUT2D eigenvalue weighted by Crippen LogP contribution is -2.14. The molecule has 1 unspecified atom stereocenters. The third kappa shape index (κ3) is 3.72. The average molecular weight is 274 g/mol. The van der Waals surface area contributed by atoms with Gasteiger partial charge in [-0.05, 0) is 25.1 Å². The molecule has 1 aromatic heterocycles. The van der Waals surface area contributed by atoms with Crippen molar-refractivity contribution in [2.75, 3.05) is 12.9 Å². The number of hydrogen-bond donors (Lipinski definition) is 1. The number of methoxy groups -OCH3 is 1. The maximum absolute atomic E-state index is 6.26. The first kappa shape index (κ1) is 13.9. The highest BCUT2D eigenvalue weighted by Crippen LogP contribution is 2.28. The molecule has 0 saturated carbocycles. The summed E-state index contributed by atoms with van der Waals surface area (Å²) in [6, 6.07) is 11.9. The molecule has 1 atom stereocenters. The topological polar surface area (TPSA) is 48.1 Å². The number of ether oxygens (including phenoxy) is 1. The van der Waals surface area contributed by atoms with E-state index in [0.29, 0.717) is 0 Å². The Morgan fingerprint density at radius 2 is 2.16 bits per heavy atom. The molecule has 1 aromatic carbocycles. The summed E-state index contributed by atoms with van der Waals surface area (Å²) in [6.45, 7) is 2.06. The molecule has 0 saturated heterocycles. The molecule has 0 aliphatic rings. The van der Waals surface area contributed by atoms with Gasteiger partial charge in [0.05, 0.1) is 12.1 Å². The van der Waals surface area contributed by atoms with E-state index >= 15 is 0 Å². The Morgan fingerprint density at radius 3 is 2.84 bits per heavy atom. The average Bonchev–Trinajstić information content (AvgIpc) is 2.46. The van der Waals surface area contributed by atoms with Crippen LogP contribution in [0.5, 0.6) is 5.75 Å². The smallest absolute Gasteiger partial charge is 0.123 e. The fraction of sp³-hybridized carbons (Fsp3) is 0.267. The first-order chi connectivity index (χ1) is 9.20. The van der Waals surface area contributed by atoms with Crippen molar-refractivity contribution < 1.29 is 4.74 Å². The summed E-state index contributed by atoms with van der Waals surface area (Å²) in [5.74, 6) is 1.62. The minimum Gasteiger partial charge on any atom is -0.496 e. The van der Waals surface area contributed by atoms with Gasteiger partial charge >= 0.3 is 0 Å². The summed E-state index contributed by atoms with van der Waals surface area (Å²) in [6.07, 6.45) is 1.79. The van der Waals surface area contributed by atoms with E-state index in [1.54, 1.807) is 25.1 Å². The van der Waals surface area contributed by atoms with Crippen LogP contribution in [-0.4, -0.2) is 17.8 Å². The van der Waals surface area contributed by atoms with Gasteiger partial charge in [0.25, 0.3) is 0 Å². The number of nitrogens with zero attached hydrogens (tertiary/aromatic N) is 1. The van der Waals surface area contributed by atoms with Crippen LogP contribution in [0.15, 0.2) is 47.6 Å². The van der Waals surface area contributed by atoms with E-state index in [4.69, 9.17) is 10.5 Å². The summed E-state index contributed by atoms with van der Waals surface area (Å²) in [5.41, 5.74) is 8.50. The Bertz CT molecular complexity index is 531. The van der Waals surface area contributed by atoms with Crippen molar-refractivity contribution in [3.63, 3.8) is 0 Å². The molecule has 2 aromatic rings. The van der Waals surface area contributed by atoms with E-state index < -0.39 is 0 Å². The SMILES string of the molecule is COc1ccc(C)cc1C(N)CSc1ccccn1. The number of rotatable bonds is 5. The molecule has 4 heteroatoms. The second kappa shape index (κ2) is 6.59. The Labute approximate surface area is 118 Å². The standard InChI is InChI=1S/C15H18N2OS/c1-11-6-7-14(18-2)12(9-11)13(16)10-19-15-5-3-4-8-17-15/h3-9,13H,10,16H2,1-2H3. The van der Waals surface area contributed by atoms with Crippen molar-refractivity contribution in [3.8, 4) is 5.75 Å². The molecule has 1 heterocycles. The molecular formula is C15H18N2OS. The van der Waals surface area contributed by atoms with Crippen molar-refractivity contribution in [1.82, 2.24) is 4.98 Å². The molecule has 0 fully saturated rings. The number of thioether (sulfide) groups is 1. The van der Waals surface area contributed by atoms with Gasteiger partial charge in [0.15, 0.2) is 0 Å². The summed E-state index contributed by atoms with van der Waals surface area (Å²) in [4.78, 5) is 4.28. The predicted molar refractivity (Wildman–Crippen MR) is 79.6 cm³/mol. The molecule has 19 heavy (non-hydrogen) atoms. The Morgan fingerprint density at radius 1 is 1.32 bits per heavy atom. The summed E-state index contributed by atoms with van der Waals surface area (Å²) in [7, 11) is 1.67. The largest absolute Gasteiger partial charge is 0.496 e. The van der Waals surface area contributed by atoms with Crippen LogP contribution in [0.1, 0.15) is 17.2 Å². The van der Waals surface area contributed by atoms with Crippen LogP contribution in [0, 0.1) is 6.92 Å². The lowest BCUT2D eigenvalue weighted by Gasteiger charge is -2.16. The van der Waals surface area contributed by atoms with Crippen molar-refractivity contribution in [2.24, 2.45) is 5.73 Å². The van der Waals surface area contributed by atoms with Crippen molar-refractivity contribution in [3.05, 3.63) is 53.7 Å². The van der Waals surface area contributed by atoms with Gasteiger partial charge in [-0.15, -0.1) is 11.8 Å². The van der Waals surface area contributed by atoms with Gasteiger partial charge in [0, 0.05) is 23.6 Å². The van der Waals surface area contributed by atoms with Gasteiger partial charge in [-0.3, -0.25) is 0 Å². The van der Waals surface area contributed by atoms with Crippen molar-refractivity contribution in [2.45, 2.75) is 18.0 Å². The van der Waals surface area contributed by atoms with E-state index in [-0.39, 0.29) is 6.04 Å².